The van der Waals surface area contributed by atoms with Crippen molar-refractivity contribution in [2.75, 3.05) is 17.3 Å². The summed E-state index contributed by atoms with van der Waals surface area (Å²) in [5, 5.41) is 12.1. The molecule has 7 nitrogen and oxygen atoms in total. The summed E-state index contributed by atoms with van der Waals surface area (Å²) < 4.78 is 27.6. The molecule has 1 amide bonds. The fraction of sp³-hybridized carbons (Fsp3) is 0.400. The zero-order chi connectivity index (χ0) is 19.2. The van der Waals surface area contributed by atoms with Gasteiger partial charge in [0.15, 0.2) is 0 Å². The summed E-state index contributed by atoms with van der Waals surface area (Å²) in [7, 11) is -3.85. The standard InChI is InChI=1S/C15H19ClN4O3S3/c1-3-13-18-19-15(25-13)17-14(21)12(8-9-24-2)20-26(22,23)11-6-4-10(16)5-7-11/h4-7,12,20H,3,8-9H2,1-2H3,(H,17,19,21). The van der Waals surface area contributed by atoms with Crippen LogP contribution < -0.4 is 10.0 Å². The number of aromatic nitrogens is 2. The van der Waals surface area contributed by atoms with E-state index < -0.39 is 22.0 Å². The van der Waals surface area contributed by atoms with Crippen LogP contribution in [0.3, 0.4) is 0 Å². The van der Waals surface area contributed by atoms with E-state index in [4.69, 9.17) is 11.6 Å². The Kier molecular flexibility index (Phi) is 7.84. The van der Waals surface area contributed by atoms with Gasteiger partial charge in [0, 0.05) is 5.02 Å². The number of halogens is 1. The minimum Gasteiger partial charge on any atom is -0.299 e. The van der Waals surface area contributed by atoms with Gasteiger partial charge >= 0.3 is 0 Å². The van der Waals surface area contributed by atoms with Crippen molar-refractivity contribution in [3.8, 4) is 0 Å². The Morgan fingerprint density at radius 1 is 1.31 bits per heavy atom. The highest BCUT2D eigenvalue weighted by Crippen LogP contribution is 2.18. The minimum atomic E-state index is -3.85. The van der Waals surface area contributed by atoms with E-state index in [9.17, 15) is 13.2 Å². The van der Waals surface area contributed by atoms with Gasteiger partial charge in [0.05, 0.1) is 4.90 Å². The zero-order valence-corrected chi connectivity index (χ0v) is 17.4. The van der Waals surface area contributed by atoms with Crippen LogP contribution in [0.1, 0.15) is 18.4 Å². The van der Waals surface area contributed by atoms with Crippen molar-refractivity contribution in [1.29, 1.82) is 0 Å². The number of hydrogen-bond acceptors (Lipinski definition) is 7. The van der Waals surface area contributed by atoms with E-state index in [1.54, 1.807) is 0 Å². The molecule has 0 radical (unpaired) electrons. The largest absolute Gasteiger partial charge is 0.299 e. The lowest BCUT2D eigenvalue weighted by molar-refractivity contribution is -0.117. The number of carbonyl (C=O) groups excluding carboxylic acids is 1. The SMILES string of the molecule is CCc1nnc(NC(=O)C(CCSC)NS(=O)(=O)c2ccc(Cl)cc2)s1. The number of anilines is 1. The molecule has 1 unspecified atom stereocenters. The number of nitrogens with zero attached hydrogens (tertiary/aromatic N) is 2. The molecule has 142 valence electrons. The normalized spacial score (nSPS) is 12.7. The highest BCUT2D eigenvalue weighted by atomic mass is 35.5. The van der Waals surface area contributed by atoms with E-state index in [2.05, 4.69) is 20.2 Å². The molecule has 0 bridgehead atoms. The molecular weight excluding hydrogens is 416 g/mol. The van der Waals surface area contributed by atoms with Crippen LogP contribution in [0, 0.1) is 0 Å². The van der Waals surface area contributed by atoms with Gasteiger partial charge in [-0.05, 0) is 49.1 Å². The average molecular weight is 435 g/mol. The van der Waals surface area contributed by atoms with E-state index in [-0.39, 0.29) is 4.90 Å². The minimum absolute atomic E-state index is 0.0491. The summed E-state index contributed by atoms with van der Waals surface area (Å²) in [6.45, 7) is 1.94. The van der Waals surface area contributed by atoms with Crippen LogP contribution in [0.25, 0.3) is 0 Å². The molecule has 1 aromatic heterocycles. The number of rotatable bonds is 9. The van der Waals surface area contributed by atoms with Crippen molar-refractivity contribution in [1.82, 2.24) is 14.9 Å². The van der Waals surface area contributed by atoms with E-state index >= 15 is 0 Å². The van der Waals surface area contributed by atoms with Crippen molar-refractivity contribution in [3.05, 3.63) is 34.3 Å². The number of benzene rings is 1. The monoisotopic (exact) mass is 434 g/mol. The molecular formula is C15H19ClN4O3S3. The quantitative estimate of drug-likeness (QED) is 0.629. The summed E-state index contributed by atoms with van der Waals surface area (Å²) in [6.07, 6.45) is 2.95. The van der Waals surface area contributed by atoms with Crippen LogP contribution in [0.4, 0.5) is 5.13 Å². The molecule has 2 N–H and O–H groups in total. The highest BCUT2D eigenvalue weighted by Gasteiger charge is 2.26. The molecule has 0 aliphatic heterocycles. The first-order chi connectivity index (χ1) is 12.4. The van der Waals surface area contributed by atoms with Crippen LogP contribution in [0.5, 0.6) is 0 Å². The van der Waals surface area contributed by atoms with E-state index in [0.717, 1.165) is 5.01 Å². The van der Waals surface area contributed by atoms with Gasteiger partial charge in [-0.25, -0.2) is 8.42 Å². The molecule has 1 aromatic carbocycles. The molecule has 0 spiro atoms. The van der Waals surface area contributed by atoms with Gasteiger partial charge in [-0.15, -0.1) is 10.2 Å². The third-order valence-electron chi connectivity index (χ3n) is 3.35. The van der Waals surface area contributed by atoms with E-state index in [0.29, 0.717) is 28.7 Å². The summed E-state index contributed by atoms with van der Waals surface area (Å²) >= 11 is 8.59. The predicted molar refractivity (Wildman–Crippen MR) is 106 cm³/mol. The van der Waals surface area contributed by atoms with Gasteiger partial charge < -0.3 is 0 Å². The first-order valence-electron chi connectivity index (χ1n) is 7.75. The molecule has 2 aromatic rings. The lowest BCUT2D eigenvalue weighted by atomic mass is 10.2. The summed E-state index contributed by atoms with van der Waals surface area (Å²) in [5.74, 6) is 0.160. The lowest BCUT2D eigenvalue weighted by Crippen LogP contribution is -2.44. The topological polar surface area (TPSA) is 101 Å². The number of amides is 1. The Balaban J connectivity index is 2.14. The maximum atomic E-state index is 12.6. The lowest BCUT2D eigenvalue weighted by Gasteiger charge is -2.17. The third kappa shape index (κ3) is 5.92. The third-order valence-corrected chi connectivity index (χ3v) is 6.71. The summed E-state index contributed by atoms with van der Waals surface area (Å²) in [5.41, 5.74) is 0. The second-order valence-corrected chi connectivity index (χ2v) is 9.45. The second-order valence-electron chi connectivity index (χ2n) is 5.25. The van der Waals surface area contributed by atoms with E-state index in [1.807, 2.05) is 13.2 Å². The maximum absolute atomic E-state index is 12.6. The van der Waals surface area contributed by atoms with Crippen molar-refractivity contribution in [3.63, 3.8) is 0 Å². The number of aryl methyl sites for hydroxylation is 1. The molecule has 0 aliphatic carbocycles. The van der Waals surface area contributed by atoms with Crippen LogP contribution in [0.2, 0.25) is 5.02 Å². The average Bonchev–Trinajstić information content (AvgIpc) is 3.06. The Hall–Kier alpha value is -1.20. The van der Waals surface area contributed by atoms with Crippen LogP contribution >= 0.6 is 34.7 Å². The Labute approximate surface area is 166 Å². The Morgan fingerprint density at radius 3 is 2.58 bits per heavy atom. The maximum Gasteiger partial charge on any atom is 0.244 e. The van der Waals surface area contributed by atoms with Crippen molar-refractivity contribution >= 4 is 55.8 Å². The van der Waals surface area contributed by atoms with Crippen molar-refractivity contribution in [2.24, 2.45) is 0 Å². The van der Waals surface area contributed by atoms with Crippen LogP contribution in [-0.2, 0) is 21.2 Å². The molecule has 0 fully saturated rings. The molecule has 11 heteroatoms. The van der Waals surface area contributed by atoms with Crippen molar-refractivity contribution in [2.45, 2.75) is 30.7 Å². The molecule has 2 rings (SSSR count). The molecule has 0 aliphatic rings. The number of nitrogens with one attached hydrogen (secondary N) is 2. The van der Waals surface area contributed by atoms with Crippen LogP contribution in [-0.4, -0.2) is 42.6 Å². The van der Waals surface area contributed by atoms with E-state index in [1.165, 1.54) is 47.4 Å². The molecule has 0 saturated carbocycles. The Bertz CT molecular complexity index is 840. The van der Waals surface area contributed by atoms with Gasteiger partial charge in [0.25, 0.3) is 0 Å². The first-order valence-corrected chi connectivity index (χ1v) is 11.8. The Morgan fingerprint density at radius 2 is 2.00 bits per heavy atom. The first kappa shape index (κ1) is 21.1. The molecule has 1 heterocycles. The zero-order valence-electron chi connectivity index (χ0n) is 14.2. The fourth-order valence-electron chi connectivity index (χ4n) is 1.99. The highest BCUT2D eigenvalue weighted by molar-refractivity contribution is 7.98. The number of thioether (sulfide) groups is 1. The number of sulfonamides is 1. The van der Waals surface area contributed by atoms with Crippen LogP contribution in [0.15, 0.2) is 29.2 Å². The summed E-state index contributed by atoms with van der Waals surface area (Å²) in [6, 6.07) is 4.84. The number of hydrogen-bond donors (Lipinski definition) is 2. The fourth-order valence-corrected chi connectivity index (χ4v) is 4.50. The summed E-state index contributed by atoms with van der Waals surface area (Å²) in [4.78, 5) is 12.6. The van der Waals surface area contributed by atoms with Gasteiger partial charge in [0.1, 0.15) is 11.0 Å². The molecule has 26 heavy (non-hydrogen) atoms. The van der Waals surface area contributed by atoms with Gasteiger partial charge in [0.2, 0.25) is 21.1 Å². The second kappa shape index (κ2) is 9.65. The van der Waals surface area contributed by atoms with Gasteiger partial charge in [-0.1, -0.05) is 29.9 Å². The molecule has 1 atom stereocenters. The van der Waals surface area contributed by atoms with Gasteiger partial charge in [-0.2, -0.15) is 16.5 Å². The van der Waals surface area contributed by atoms with Gasteiger partial charge in [-0.3, -0.25) is 10.1 Å². The predicted octanol–water partition coefficient (Wildman–Crippen LogP) is 2.79. The van der Waals surface area contributed by atoms with Crippen molar-refractivity contribution < 1.29 is 13.2 Å². The molecule has 0 saturated heterocycles. The smallest absolute Gasteiger partial charge is 0.244 e. The number of carbonyl (C=O) groups is 1.